The van der Waals surface area contributed by atoms with Crippen LogP contribution < -0.4 is 4.74 Å². The molecule has 0 aliphatic carbocycles. The number of benzene rings is 1. The topological polar surface area (TPSA) is 49.7 Å². The normalized spacial score (nSPS) is 9.92. The third kappa shape index (κ3) is 1.18. The Hall–Kier alpha value is -1.38. The maximum atomic E-state index is 9.47. The molecule has 0 aromatic heterocycles. The molecular weight excluding hydrogens is 156 g/mol. The smallest absolute Gasteiger partial charge is 0.167 e. The van der Waals surface area contributed by atoms with Crippen molar-refractivity contribution in [1.82, 2.24) is 0 Å². The van der Waals surface area contributed by atoms with E-state index < -0.39 is 0 Å². The van der Waals surface area contributed by atoms with Gasteiger partial charge in [0.15, 0.2) is 11.5 Å². The lowest BCUT2D eigenvalue weighted by Crippen LogP contribution is -1.90. The van der Waals surface area contributed by atoms with E-state index in [9.17, 15) is 10.2 Å². The first-order valence-electron chi connectivity index (χ1n) is 3.64. The number of ether oxygens (including phenoxy) is 1. The Morgan fingerprint density at radius 2 is 1.83 bits per heavy atom. The van der Waals surface area contributed by atoms with Crippen LogP contribution in [0.3, 0.4) is 0 Å². The molecule has 0 fully saturated rings. The lowest BCUT2D eigenvalue weighted by atomic mass is 10.1. The Morgan fingerprint density at radius 3 is 2.33 bits per heavy atom. The van der Waals surface area contributed by atoms with Crippen LogP contribution >= 0.6 is 0 Å². The number of hydrogen-bond acceptors (Lipinski definition) is 3. The summed E-state index contributed by atoms with van der Waals surface area (Å²) < 4.78 is 4.93. The maximum absolute atomic E-state index is 9.47. The summed E-state index contributed by atoms with van der Waals surface area (Å²) in [4.78, 5) is 0. The molecule has 1 aromatic carbocycles. The highest BCUT2D eigenvalue weighted by molar-refractivity contribution is 5.55. The second-order valence-electron chi connectivity index (χ2n) is 2.72. The summed E-state index contributed by atoms with van der Waals surface area (Å²) in [6.45, 7) is 3.39. The van der Waals surface area contributed by atoms with Gasteiger partial charge in [0, 0.05) is 5.56 Å². The molecule has 3 nitrogen and oxygen atoms in total. The summed E-state index contributed by atoms with van der Waals surface area (Å²) >= 11 is 0. The number of aryl methyl sites for hydroxylation is 1. The first-order chi connectivity index (χ1) is 5.57. The van der Waals surface area contributed by atoms with Crippen molar-refractivity contribution < 1.29 is 14.9 Å². The van der Waals surface area contributed by atoms with Crippen molar-refractivity contribution in [1.29, 1.82) is 0 Å². The Bertz CT molecular complexity index is 279. The molecule has 0 aliphatic heterocycles. The summed E-state index contributed by atoms with van der Waals surface area (Å²) in [5, 5.41) is 18.8. The first-order valence-corrected chi connectivity index (χ1v) is 3.64. The van der Waals surface area contributed by atoms with Gasteiger partial charge < -0.3 is 14.9 Å². The van der Waals surface area contributed by atoms with Crippen molar-refractivity contribution >= 4 is 0 Å². The van der Waals surface area contributed by atoms with E-state index in [1.54, 1.807) is 13.8 Å². The van der Waals surface area contributed by atoms with E-state index in [0.717, 1.165) is 0 Å². The molecule has 0 radical (unpaired) electrons. The minimum absolute atomic E-state index is 0.0906. The Balaban J connectivity index is 3.42. The van der Waals surface area contributed by atoms with E-state index in [0.29, 0.717) is 16.9 Å². The number of rotatable bonds is 1. The van der Waals surface area contributed by atoms with Gasteiger partial charge in [-0.05, 0) is 25.5 Å². The second-order valence-corrected chi connectivity index (χ2v) is 2.72. The van der Waals surface area contributed by atoms with E-state index >= 15 is 0 Å². The van der Waals surface area contributed by atoms with Gasteiger partial charge >= 0.3 is 0 Å². The maximum Gasteiger partial charge on any atom is 0.167 e. The van der Waals surface area contributed by atoms with Gasteiger partial charge in [-0.3, -0.25) is 0 Å². The molecule has 12 heavy (non-hydrogen) atoms. The van der Waals surface area contributed by atoms with E-state index in [1.807, 2.05) is 0 Å². The van der Waals surface area contributed by atoms with Crippen LogP contribution in [-0.2, 0) is 0 Å². The molecule has 1 aromatic rings. The quantitative estimate of drug-likeness (QED) is 0.628. The zero-order chi connectivity index (χ0) is 9.30. The monoisotopic (exact) mass is 168 g/mol. The number of phenolic OH excluding ortho intramolecular Hbond substituents is 2. The molecule has 0 bridgehead atoms. The van der Waals surface area contributed by atoms with Gasteiger partial charge in [-0.1, -0.05) is 0 Å². The summed E-state index contributed by atoms with van der Waals surface area (Å²) in [7, 11) is 1.46. The van der Waals surface area contributed by atoms with Gasteiger partial charge in [0.05, 0.1) is 7.11 Å². The SMILES string of the molecule is COc1c(C)c(O)cc(C)c1O. The molecule has 0 saturated heterocycles. The average molecular weight is 168 g/mol. The van der Waals surface area contributed by atoms with Crippen LogP contribution in [0.1, 0.15) is 11.1 Å². The van der Waals surface area contributed by atoms with Gasteiger partial charge in [-0.2, -0.15) is 0 Å². The predicted octanol–water partition coefficient (Wildman–Crippen LogP) is 1.72. The minimum atomic E-state index is 0.0906. The van der Waals surface area contributed by atoms with Gasteiger partial charge in [0.1, 0.15) is 5.75 Å². The summed E-state index contributed by atoms with van der Waals surface area (Å²) in [6.07, 6.45) is 0. The fraction of sp³-hybridized carbons (Fsp3) is 0.333. The van der Waals surface area contributed by atoms with Gasteiger partial charge in [-0.25, -0.2) is 0 Å². The molecule has 66 valence electrons. The number of phenols is 2. The standard InChI is InChI=1S/C9H12O3/c1-5-4-7(10)6(2)9(12-3)8(5)11/h4,10-11H,1-3H3. The lowest BCUT2D eigenvalue weighted by molar-refractivity contribution is 0.363. The van der Waals surface area contributed by atoms with Crippen molar-refractivity contribution in [2.75, 3.05) is 7.11 Å². The molecule has 0 spiro atoms. The largest absolute Gasteiger partial charge is 0.508 e. The highest BCUT2D eigenvalue weighted by Crippen LogP contribution is 2.38. The molecule has 0 heterocycles. The van der Waals surface area contributed by atoms with Crippen LogP contribution in [0.15, 0.2) is 6.07 Å². The zero-order valence-corrected chi connectivity index (χ0v) is 7.38. The molecule has 1 rings (SSSR count). The lowest BCUT2D eigenvalue weighted by Gasteiger charge is -2.10. The van der Waals surface area contributed by atoms with Crippen molar-refractivity contribution in [3.8, 4) is 17.2 Å². The van der Waals surface area contributed by atoms with E-state index in [4.69, 9.17) is 4.74 Å². The fourth-order valence-electron chi connectivity index (χ4n) is 1.10. The predicted molar refractivity (Wildman–Crippen MR) is 45.8 cm³/mol. The highest BCUT2D eigenvalue weighted by Gasteiger charge is 2.11. The Labute approximate surface area is 71.2 Å². The first kappa shape index (κ1) is 8.71. The molecule has 0 amide bonds. The van der Waals surface area contributed by atoms with E-state index in [1.165, 1.54) is 13.2 Å². The van der Waals surface area contributed by atoms with Crippen LogP contribution in [0.25, 0.3) is 0 Å². The molecule has 0 unspecified atom stereocenters. The molecular formula is C9H12O3. The van der Waals surface area contributed by atoms with Crippen molar-refractivity contribution in [3.05, 3.63) is 17.2 Å². The van der Waals surface area contributed by atoms with Crippen LogP contribution in [0, 0.1) is 13.8 Å². The highest BCUT2D eigenvalue weighted by atomic mass is 16.5. The Kier molecular flexibility index (Phi) is 2.13. The third-order valence-corrected chi connectivity index (χ3v) is 1.87. The minimum Gasteiger partial charge on any atom is -0.508 e. The number of methoxy groups -OCH3 is 1. The van der Waals surface area contributed by atoms with E-state index in [2.05, 4.69) is 0 Å². The van der Waals surface area contributed by atoms with Crippen LogP contribution in [-0.4, -0.2) is 17.3 Å². The van der Waals surface area contributed by atoms with E-state index in [-0.39, 0.29) is 11.5 Å². The summed E-state index contributed by atoms with van der Waals surface area (Å²) in [5.74, 6) is 0.572. The second kappa shape index (κ2) is 2.93. The molecule has 0 aliphatic rings. The van der Waals surface area contributed by atoms with Gasteiger partial charge in [0.2, 0.25) is 0 Å². The molecule has 0 atom stereocenters. The fourth-order valence-corrected chi connectivity index (χ4v) is 1.10. The molecule has 2 N–H and O–H groups in total. The number of aromatic hydroxyl groups is 2. The van der Waals surface area contributed by atoms with Crippen molar-refractivity contribution in [2.45, 2.75) is 13.8 Å². The summed E-state index contributed by atoms with van der Waals surface area (Å²) in [5.41, 5.74) is 1.16. The van der Waals surface area contributed by atoms with Gasteiger partial charge in [-0.15, -0.1) is 0 Å². The average Bonchev–Trinajstić information content (AvgIpc) is 2.02. The van der Waals surface area contributed by atoms with Crippen LogP contribution in [0.5, 0.6) is 17.2 Å². The van der Waals surface area contributed by atoms with Crippen LogP contribution in [0.2, 0.25) is 0 Å². The zero-order valence-electron chi connectivity index (χ0n) is 7.38. The van der Waals surface area contributed by atoms with Crippen molar-refractivity contribution in [3.63, 3.8) is 0 Å². The molecule has 0 saturated carbocycles. The third-order valence-electron chi connectivity index (χ3n) is 1.87. The molecule has 3 heteroatoms. The Morgan fingerprint density at radius 1 is 1.25 bits per heavy atom. The van der Waals surface area contributed by atoms with Gasteiger partial charge in [0.25, 0.3) is 0 Å². The summed E-state index contributed by atoms with van der Waals surface area (Å²) in [6, 6.07) is 1.51. The van der Waals surface area contributed by atoms with Crippen LogP contribution in [0.4, 0.5) is 0 Å². The van der Waals surface area contributed by atoms with Crippen molar-refractivity contribution in [2.24, 2.45) is 0 Å². The number of hydrogen-bond donors (Lipinski definition) is 2.